The summed E-state index contributed by atoms with van der Waals surface area (Å²) in [5, 5.41) is 0. The van der Waals surface area contributed by atoms with Crippen molar-refractivity contribution in [3.05, 3.63) is 144 Å². The molecule has 0 saturated carbocycles. The fourth-order valence-electron chi connectivity index (χ4n) is 2.96. The summed E-state index contributed by atoms with van der Waals surface area (Å²) in [7, 11) is -12.0. The number of hydrogen-bond donors (Lipinski definition) is 0. The van der Waals surface area contributed by atoms with E-state index in [1.54, 1.807) is 0 Å². The van der Waals surface area contributed by atoms with Gasteiger partial charge in [-0.1, -0.05) is 121 Å². The molecule has 0 aliphatic rings. The van der Waals surface area contributed by atoms with Crippen LogP contribution in [0.25, 0.3) is 0 Å². The summed E-state index contributed by atoms with van der Waals surface area (Å²) >= 11 is 2.95. The molecule has 0 nitrogen and oxygen atoms in total. The van der Waals surface area contributed by atoms with Crippen molar-refractivity contribution in [3.63, 3.8) is 0 Å². The Bertz CT molecular complexity index is 949. The minimum absolute atomic E-state index is 1.15. The highest BCUT2D eigenvalue weighted by atomic mass is 32.2. The third kappa shape index (κ3) is 24.2. The van der Waals surface area contributed by atoms with Crippen LogP contribution in [0.4, 0.5) is 34.5 Å². The molecule has 0 aromatic heterocycles. The highest BCUT2D eigenvalue weighted by Gasteiger charge is 2.21. The molecule has 0 N–H and O–H groups in total. The van der Waals surface area contributed by atoms with Gasteiger partial charge in [0.25, 0.3) is 0 Å². The van der Waals surface area contributed by atoms with E-state index in [0.717, 1.165) is 23.0 Å². The van der Waals surface area contributed by atoms with E-state index in [-0.39, 0.29) is 0 Å². The van der Waals surface area contributed by atoms with Gasteiger partial charge in [0.2, 0.25) is 0 Å². The van der Waals surface area contributed by atoms with Gasteiger partial charge in [-0.15, -0.1) is 0 Å². The lowest BCUT2D eigenvalue weighted by molar-refractivity contribution is 0.366. The van der Waals surface area contributed by atoms with Gasteiger partial charge in [0.15, 0.2) is 0 Å². The third-order valence-electron chi connectivity index (χ3n) is 4.55. The Kier molecular flexibility index (Phi) is 17.7. The molecule has 0 radical (unpaired) electrons. The fourth-order valence-corrected chi connectivity index (χ4v) is 5.06. The van der Waals surface area contributed by atoms with Crippen LogP contribution in [0, 0.1) is 0 Å². The molecule has 0 unspecified atom stereocenters. The predicted octanol–water partition coefficient (Wildman–Crippen LogP) is 9.00. The molecule has 0 fully saturated rings. The van der Waals surface area contributed by atoms with Crippen molar-refractivity contribution in [2.24, 2.45) is 0 Å². The van der Waals surface area contributed by atoms with Gasteiger partial charge in [-0.25, -0.2) is 0 Å². The monoisotopic (exact) mass is 604 g/mol. The second-order valence-corrected chi connectivity index (χ2v) is 10.2. The first kappa shape index (κ1) is 35.2. The van der Waals surface area contributed by atoms with Gasteiger partial charge < -0.3 is 34.5 Å². The standard InChI is InChI=1S/2C14H14S.2BF4/c2*1-3-7-13(8-4-1)11-15-12-14-9-5-2-6-10-14;2*2-1(3,4)5/h2*1-10H,11-12H2;;/q;;2*-1/p+2. The highest BCUT2D eigenvalue weighted by Crippen LogP contribution is 2.08. The van der Waals surface area contributed by atoms with Crippen molar-refractivity contribution in [2.45, 2.75) is 23.0 Å². The van der Waals surface area contributed by atoms with Crippen LogP contribution in [-0.2, 0) is 46.5 Å². The Balaban J connectivity index is 0.000000302. The summed E-state index contributed by atoms with van der Waals surface area (Å²) in [6.45, 7) is 0. The van der Waals surface area contributed by atoms with Crippen molar-refractivity contribution in [1.29, 1.82) is 0 Å². The van der Waals surface area contributed by atoms with Gasteiger partial charge in [0.1, 0.15) is 23.0 Å². The first-order chi connectivity index (χ1) is 18.9. The Morgan fingerprint density at radius 1 is 0.325 bits per heavy atom. The molecule has 0 spiro atoms. The van der Waals surface area contributed by atoms with E-state index < -0.39 is 14.5 Å². The van der Waals surface area contributed by atoms with Crippen LogP contribution in [-0.4, -0.2) is 14.5 Å². The molecule has 12 heteroatoms. The Labute approximate surface area is 238 Å². The minimum Gasteiger partial charge on any atom is -0.418 e. The lowest BCUT2D eigenvalue weighted by atomic mass is 10.2. The van der Waals surface area contributed by atoms with Gasteiger partial charge in [-0.05, 0) is 23.5 Å². The van der Waals surface area contributed by atoms with E-state index in [2.05, 4.69) is 121 Å². The average Bonchev–Trinajstić information content (AvgIpc) is 2.90. The average molecular weight is 604 g/mol. The summed E-state index contributed by atoms with van der Waals surface area (Å²) in [6, 6.07) is 42.6. The second kappa shape index (κ2) is 20.1. The first-order valence-electron chi connectivity index (χ1n) is 12.1. The first-order valence-corrected chi connectivity index (χ1v) is 14.6. The molecule has 4 aromatic rings. The smallest absolute Gasteiger partial charge is 0.418 e. The lowest BCUT2D eigenvalue weighted by Gasteiger charge is -1.95. The van der Waals surface area contributed by atoms with Gasteiger partial charge in [0, 0.05) is 22.3 Å². The quantitative estimate of drug-likeness (QED) is 0.0816. The van der Waals surface area contributed by atoms with Gasteiger partial charge in [-0.3, -0.25) is 0 Å². The molecular weight excluding hydrogens is 574 g/mol. The van der Waals surface area contributed by atoms with Gasteiger partial charge in [0.05, 0.1) is 0 Å². The van der Waals surface area contributed by atoms with Crippen molar-refractivity contribution in [1.82, 2.24) is 0 Å². The van der Waals surface area contributed by atoms with Crippen LogP contribution in [0.1, 0.15) is 22.3 Å². The molecule has 0 atom stereocenters. The van der Waals surface area contributed by atoms with Crippen LogP contribution in [0.2, 0.25) is 0 Å². The zero-order valence-electron chi connectivity index (χ0n) is 21.4. The summed E-state index contributed by atoms with van der Waals surface area (Å²) in [5.74, 6) is 4.59. The van der Waals surface area contributed by atoms with Crippen LogP contribution >= 0.6 is 0 Å². The number of benzene rings is 4. The van der Waals surface area contributed by atoms with Crippen LogP contribution in [0.3, 0.4) is 0 Å². The summed E-state index contributed by atoms with van der Waals surface area (Å²) in [6.07, 6.45) is 0. The summed E-state index contributed by atoms with van der Waals surface area (Å²) in [5.41, 5.74) is 5.70. The van der Waals surface area contributed by atoms with Crippen LogP contribution in [0.5, 0.6) is 0 Å². The normalized spacial score (nSPS) is 10.6. The number of halogens is 8. The zero-order valence-corrected chi connectivity index (χ0v) is 23.2. The predicted molar refractivity (Wildman–Crippen MR) is 158 cm³/mol. The molecule has 0 bridgehead atoms. The van der Waals surface area contributed by atoms with E-state index in [4.69, 9.17) is 0 Å². The van der Waals surface area contributed by atoms with E-state index >= 15 is 0 Å². The van der Waals surface area contributed by atoms with E-state index in [9.17, 15) is 34.5 Å². The summed E-state index contributed by atoms with van der Waals surface area (Å²) in [4.78, 5) is 0. The summed E-state index contributed by atoms with van der Waals surface area (Å²) < 4.78 is 78.0. The molecule has 0 heterocycles. The highest BCUT2D eigenvalue weighted by molar-refractivity contribution is 7.77. The Hall–Kier alpha value is -2.85. The van der Waals surface area contributed by atoms with Gasteiger partial charge in [-0.2, -0.15) is 0 Å². The second-order valence-electron chi connectivity index (χ2n) is 8.01. The third-order valence-corrected chi connectivity index (χ3v) is 6.90. The SMILES string of the molecule is F[B-](F)(F)F.F[B-](F)(F)F.c1ccc(C[SH+]Cc2ccccc2)cc1.c1ccc(C[SH+]Cc2ccccc2)cc1. The number of rotatable bonds is 8. The van der Waals surface area contributed by atoms with Crippen molar-refractivity contribution >= 4 is 38.0 Å². The molecule has 4 rings (SSSR count). The Morgan fingerprint density at radius 3 is 0.625 bits per heavy atom. The number of thiol groups is 2. The fraction of sp³-hybridized carbons (Fsp3) is 0.143. The molecule has 0 amide bonds. The van der Waals surface area contributed by atoms with Crippen molar-refractivity contribution in [2.75, 3.05) is 0 Å². The van der Waals surface area contributed by atoms with Crippen molar-refractivity contribution < 1.29 is 34.5 Å². The van der Waals surface area contributed by atoms with Crippen LogP contribution < -0.4 is 0 Å². The maximum atomic E-state index is 9.75. The largest absolute Gasteiger partial charge is 0.673 e. The minimum atomic E-state index is -6.00. The molecule has 0 saturated heterocycles. The molecular formula is C28H30B2F8S2. The van der Waals surface area contributed by atoms with Gasteiger partial charge >= 0.3 is 14.5 Å². The molecule has 0 aliphatic carbocycles. The van der Waals surface area contributed by atoms with Crippen LogP contribution in [0.15, 0.2) is 121 Å². The molecule has 4 aromatic carbocycles. The van der Waals surface area contributed by atoms with E-state index in [1.165, 1.54) is 45.8 Å². The van der Waals surface area contributed by atoms with Crippen molar-refractivity contribution in [3.8, 4) is 0 Å². The lowest BCUT2D eigenvalue weighted by Crippen LogP contribution is -2.02. The van der Waals surface area contributed by atoms with E-state index in [0.29, 0.717) is 0 Å². The topological polar surface area (TPSA) is 0 Å². The molecule has 0 aliphatic heterocycles. The zero-order chi connectivity index (χ0) is 29.7. The Morgan fingerprint density at radius 2 is 0.475 bits per heavy atom. The molecule has 40 heavy (non-hydrogen) atoms. The maximum absolute atomic E-state index is 9.75. The maximum Gasteiger partial charge on any atom is 0.673 e. The molecule has 216 valence electrons. The van der Waals surface area contributed by atoms with E-state index in [1.807, 2.05) is 0 Å². The number of hydrogen-bond acceptors (Lipinski definition) is 0.